The Kier molecular flexibility index (Phi) is 5.83. The molecule has 4 heterocycles. The first-order chi connectivity index (χ1) is 14.4. The van der Waals surface area contributed by atoms with Crippen LogP contribution in [0.15, 0.2) is 29.5 Å². The van der Waals surface area contributed by atoms with E-state index in [1.807, 2.05) is 0 Å². The summed E-state index contributed by atoms with van der Waals surface area (Å²) < 4.78 is 1.32. The molecule has 1 fully saturated rings. The van der Waals surface area contributed by atoms with Crippen LogP contribution in [0.5, 0.6) is 0 Å². The molecule has 3 aromatic heterocycles. The fourth-order valence-electron chi connectivity index (χ4n) is 3.50. The largest absolute Gasteiger partial charge is 0.341 e. The smallest absolute Gasteiger partial charge is 0.267 e. The average molecular weight is 446 g/mol. The molecule has 0 saturated carbocycles. The highest BCUT2D eigenvalue weighted by molar-refractivity contribution is 7.20. The van der Waals surface area contributed by atoms with E-state index in [1.54, 1.807) is 24.0 Å². The molecule has 10 heteroatoms. The van der Waals surface area contributed by atoms with Crippen LogP contribution in [-0.2, 0) is 11.3 Å². The molecule has 0 aliphatic carbocycles. The van der Waals surface area contributed by atoms with Crippen LogP contribution in [0.3, 0.4) is 0 Å². The van der Waals surface area contributed by atoms with Gasteiger partial charge in [0.05, 0.1) is 21.6 Å². The fraction of sp³-hybridized carbons (Fsp3) is 0.350. The minimum Gasteiger partial charge on any atom is -0.341 e. The van der Waals surface area contributed by atoms with E-state index in [4.69, 9.17) is 11.6 Å². The zero-order valence-electron chi connectivity index (χ0n) is 16.4. The number of pyridine rings is 1. The zero-order chi connectivity index (χ0) is 21.3. The molecule has 3 aromatic rings. The monoisotopic (exact) mass is 445 g/mol. The highest BCUT2D eigenvalue weighted by Gasteiger charge is 2.22. The Morgan fingerprint density at radius 1 is 1.20 bits per heavy atom. The number of aromatic nitrogens is 3. The Labute approximate surface area is 181 Å². The lowest BCUT2D eigenvalue weighted by atomic mass is 10.1. The highest BCUT2D eigenvalue weighted by atomic mass is 35.5. The molecular weight excluding hydrogens is 426 g/mol. The lowest BCUT2D eigenvalue weighted by Gasteiger charge is -2.26. The summed E-state index contributed by atoms with van der Waals surface area (Å²) in [6, 6.07) is 3.22. The molecule has 156 valence electrons. The Hall–Kier alpha value is -2.78. The number of carbonyl (C=O) groups is 2. The number of fused-ring (bicyclic) bond motifs is 1. The van der Waals surface area contributed by atoms with Gasteiger partial charge < -0.3 is 10.2 Å². The summed E-state index contributed by atoms with van der Waals surface area (Å²) in [6.45, 7) is 3.11. The molecule has 1 N–H and O–H groups in total. The molecule has 30 heavy (non-hydrogen) atoms. The minimum absolute atomic E-state index is 0.0483. The van der Waals surface area contributed by atoms with Gasteiger partial charge in [-0.15, -0.1) is 11.3 Å². The maximum atomic E-state index is 13.0. The molecule has 1 saturated heterocycles. The number of likely N-dealkylation sites (tertiary alicyclic amines) is 1. The van der Waals surface area contributed by atoms with Crippen molar-refractivity contribution in [1.82, 2.24) is 19.4 Å². The van der Waals surface area contributed by atoms with E-state index in [0.717, 1.165) is 43.7 Å². The second-order valence-corrected chi connectivity index (χ2v) is 8.61. The summed E-state index contributed by atoms with van der Waals surface area (Å²) in [5.41, 5.74) is 0.224. The number of piperidine rings is 1. The molecule has 0 bridgehead atoms. The van der Waals surface area contributed by atoms with Crippen LogP contribution < -0.4 is 10.9 Å². The Morgan fingerprint density at radius 3 is 2.67 bits per heavy atom. The van der Waals surface area contributed by atoms with Crippen molar-refractivity contribution in [3.8, 4) is 0 Å². The number of thiophene rings is 1. The predicted octanol–water partition coefficient (Wildman–Crippen LogP) is 3.08. The number of nitrogens with zero attached hydrogens (tertiary/aromatic N) is 4. The van der Waals surface area contributed by atoms with Crippen LogP contribution >= 0.6 is 22.9 Å². The molecule has 0 spiro atoms. The van der Waals surface area contributed by atoms with Gasteiger partial charge in [0, 0.05) is 19.3 Å². The first-order valence-electron chi connectivity index (χ1n) is 9.63. The minimum atomic E-state index is -0.374. The Balaban J connectivity index is 1.59. The van der Waals surface area contributed by atoms with Gasteiger partial charge in [-0.05, 0) is 43.9 Å². The van der Waals surface area contributed by atoms with Crippen molar-refractivity contribution in [2.75, 3.05) is 18.4 Å². The summed E-state index contributed by atoms with van der Waals surface area (Å²) in [5, 5.41) is 3.53. The third kappa shape index (κ3) is 4.08. The second kappa shape index (κ2) is 8.53. The van der Waals surface area contributed by atoms with Crippen LogP contribution in [0.1, 0.15) is 34.5 Å². The van der Waals surface area contributed by atoms with Crippen molar-refractivity contribution in [3.63, 3.8) is 0 Å². The number of halogens is 1. The van der Waals surface area contributed by atoms with Crippen LogP contribution in [0.4, 0.5) is 5.82 Å². The maximum Gasteiger partial charge on any atom is 0.267 e. The summed E-state index contributed by atoms with van der Waals surface area (Å²) in [6.07, 6.45) is 5.92. The topological polar surface area (TPSA) is 97.2 Å². The van der Waals surface area contributed by atoms with Gasteiger partial charge in [0.15, 0.2) is 0 Å². The van der Waals surface area contributed by atoms with Gasteiger partial charge in [0.2, 0.25) is 5.91 Å². The van der Waals surface area contributed by atoms with Crippen molar-refractivity contribution in [3.05, 3.63) is 50.5 Å². The van der Waals surface area contributed by atoms with Crippen LogP contribution in [0.25, 0.3) is 10.2 Å². The SMILES string of the molecule is Cc1c(C(=O)Nc2ccc(Cl)cn2)sc2ncn(CC(=O)N3CCCCC3)c(=O)c12. The molecule has 0 aromatic carbocycles. The van der Waals surface area contributed by atoms with E-state index in [0.29, 0.717) is 31.5 Å². The number of rotatable bonds is 4. The number of aryl methyl sites for hydroxylation is 1. The molecule has 0 radical (unpaired) electrons. The predicted molar refractivity (Wildman–Crippen MR) is 116 cm³/mol. The average Bonchev–Trinajstić information content (AvgIpc) is 3.09. The van der Waals surface area contributed by atoms with Crippen molar-refractivity contribution in [1.29, 1.82) is 0 Å². The number of amides is 2. The molecular formula is C20H20ClN5O3S. The summed E-state index contributed by atoms with van der Waals surface area (Å²) in [5.74, 6) is -0.1000. The summed E-state index contributed by atoms with van der Waals surface area (Å²) >= 11 is 6.95. The van der Waals surface area contributed by atoms with E-state index in [-0.39, 0.29) is 23.9 Å². The normalized spacial score (nSPS) is 14.1. The lowest BCUT2D eigenvalue weighted by Crippen LogP contribution is -2.39. The van der Waals surface area contributed by atoms with Crippen molar-refractivity contribution in [2.45, 2.75) is 32.7 Å². The highest BCUT2D eigenvalue weighted by Crippen LogP contribution is 2.27. The summed E-state index contributed by atoms with van der Waals surface area (Å²) in [7, 11) is 0. The second-order valence-electron chi connectivity index (χ2n) is 7.17. The molecule has 8 nitrogen and oxygen atoms in total. The number of anilines is 1. The van der Waals surface area contributed by atoms with Gasteiger partial charge >= 0.3 is 0 Å². The van der Waals surface area contributed by atoms with E-state index in [1.165, 1.54) is 17.1 Å². The molecule has 0 atom stereocenters. The van der Waals surface area contributed by atoms with Crippen LogP contribution in [0, 0.1) is 6.92 Å². The number of hydrogen-bond acceptors (Lipinski definition) is 6. The van der Waals surface area contributed by atoms with Crippen LogP contribution in [-0.4, -0.2) is 44.3 Å². The molecule has 2 amide bonds. The van der Waals surface area contributed by atoms with Crippen molar-refractivity contribution in [2.24, 2.45) is 0 Å². The molecule has 1 aliphatic heterocycles. The molecule has 1 aliphatic rings. The third-order valence-corrected chi connectivity index (χ3v) is 6.53. The van der Waals surface area contributed by atoms with Gasteiger partial charge in [-0.3, -0.25) is 19.0 Å². The zero-order valence-corrected chi connectivity index (χ0v) is 17.9. The van der Waals surface area contributed by atoms with Gasteiger partial charge in [-0.1, -0.05) is 11.6 Å². The molecule has 4 rings (SSSR count). The third-order valence-electron chi connectivity index (χ3n) is 5.11. The van der Waals surface area contributed by atoms with E-state index < -0.39 is 0 Å². The number of nitrogens with one attached hydrogen (secondary N) is 1. The Bertz CT molecular complexity index is 1170. The van der Waals surface area contributed by atoms with Gasteiger partial charge in [-0.25, -0.2) is 9.97 Å². The number of hydrogen-bond donors (Lipinski definition) is 1. The van der Waals surface area contributed by atoms with Gasteiger partial charge in [-0.2, -0.15) is 0 Å². The van der Waals surface area contributed by atoms with E-state index in [9.17, 15) is 14.4 Å². The van der Waals surface area contributed by atoms with E-state index in [2.05, 4.69) is 15.3 Å². The molecule has 0 unspecified atom stereocenters. The number of carbonyl (C=O) groups excluding carboxylic acids is 2. The standard InChI is InChI=1S/C20H20ClN5O3S/c1-12-16-19(30-17(12)18(28)24-14-6-5-13(21)9-22-14)23-11-26(20(16)29)10-15(27)25-7-3-2-4-8-25/h5-6,9,11H,2-4,7-8,10H2,1H3,(H,22,24,28). The van der Waals surface area contributed by atoms with Gasteiger partial charge in [0.25, 0.3) is 11.5 Å². The fourth-order valence-corrected chi connectivity index (χ4v) is 4.65. The lowest BCUT2D eigenvalue weighted by molar-refractivity contribution is -0.132. The van der Waals surface area contributed by atoms with Crippen molar-refractivity contribution < 1.29 is 9.59 Å². The Morgan fingerprint density at radius 2 is 1.97 bits per heavy atom. The van der Waals surface area contributed by atoms with E-state index >= 15 is 0 Å². The summed E-state index contributed by atoms with van der Waals surface area (Å²) in [4.78, 5) is 49.3. The first-order valence-corrected chi connectivity index (χ1v) is 10.8. The van der Waals surface area contributed by atoms with Crippen molar-refractivity contribution >= 4 is 50.8 Å². The van der Waals surface area contributed by atoms with Gasteiger partial charge in [0.1, 0.15) is 17.2 Å². The quantitative estimate of drug-likeness (QED) is 0.665. The first kappa shape index (κ1) is 20.5. The van der Waals surface area contributed by atoms with Crippen LogP contribution in [0.2, 0.25) is 5.02 Å². The maximum absolute atomic E-state index is 13.0.